The fourth-order valence-corrected chi connectivity index (χ4v) is 4.42. The van der Waals surface area contributed by atoms with Gasteiger partial charge in [0.05, 0.1) is 7.11 Å². The summed E-state index contributed by atoms with van der Waals surface area (Å²) in [4.78, 5) is 25.9. The first kappa shape index (κ1) is 29.5. The Kier molecular flexibility index (Phi) is 11.2. The molecule has 1 aliphatic heterocycles. The molecule has 0 radical (unpaired) electrons. The number of alkyl carbamates (subject to hydrolysis) is 1. The monoisotopic (exact) mass is 530 g/mol. The molecule has 3 aromatic rings. The van der Waals surface area contributed by atoms with E-state index < -0.39 is 0 Å². The number of allylic oxidation sites excluding steroid dienone is 1. The van der Waals surface area contributed by atoms with E-state index in [-0.39, 0.29) is 19.0 Å². The van der Waals surface area contributed by atoms with Crippen LogP contribution in [0.3, 0.4) is 0 Å². The average molecular weight is 531 g/mol. The van der Waals surface area contributed by atoms with E-state index in [1.54, 1.807) is 7.11 Å². The molecule has 0 aromatic heterocycles. The lowest BCUT2D eigenvalue weighted by molar-refractivity contribution is -0.128. The molecule has 1 N–H and O–H groups in total. The van der Waals surface area contributed by atoms with Crippen molar-refractivity contribution in [2.24, 2.45) is 0 Å². The van der Waals surface area contributed by atoms with E-state index >= 15 is 0 Å². The van der Waals surface area contributed by atoms with Crippen LogP contribution in [-0.4, -0.2) is 36.1 Å². The summed E-state index contributed by atoms with van der Waals surface area (Å²) in [7, 11) is 1.66. The molecule has 1 fully saturated rings. The second-order valence-electron chi connectivity index (χ2n) is 10.1. The number of rotatable bonds is 9. The van der Waals surface area contributed by atoms with Crippen LogP contribution < -0.4 is 10.1 Å². The minimum Gasteiger partial charge on any atom is -0.497 e. The maximum atomic E-state index is 12.5. The van der Waals surface area contributed by atoms with Crippen LogP contribution in [0.15, 0.2) is 96.6 Å². The van der Waals surface area contributed by atoms with Crippen molar-refractivity contribution >= 4 is 12.0 Å². The molecular formula is C33H42N2O4. The predicted molar refractivity (Wildman–Crippen MR) is 158 cm³/mol. The fraction of sp³-hybridized carbons (Fsp3) is 0.333. The third-order valence-corrected chi connectivity index (χ3v) is 6.56. The van der Waals surface area contributed by atoms with Gasteiger partial charge in [-0.1, -0.05) is 85.8 Å². The smallest absolute Gasteiger partial charge is 0.407 e. The first-order valence-corrected chi connectivity index (χ1v) is 13.4. The van der Waals surface area contributed by atoms with E-state index in [2.05, 4.69) is 32.2 Å². The van der Waals surface area contributed by atoms with Crippen LogP contribution in [0.1, 0.15) is 51.7 Å². The summed E-state index contributed by atoms with van der Waals surface area (Å²) in [5.74, 6) is 1.01. The second-order valence-corrected chi connectivity index (χ2v) is 10.1. The number of hydrogen-bond donors (Lipinski definition) is 1. The number of ether oxygens (including phenoxy) is 2. The normalized spacial score (nSPS) is 14.9. The Labute approximate surface area is 234 Å². The Bertz CT molecular complexity index is 1210. The molecule has 1 saturated heterocycles. The van der Waals surface area contributed by atoms with E-state index in [0.29, 0.717) is 19.7 Å². The molecule has 0 aliphatic carbocycles. The summed E-state index contributed by atoms with van der Waals surface area (Å²) >= 11 is 0. The number of nitrogens with zero attached hydrogens (tertiary/aromatic N) is 1. The average Bonchev–Trinajstić information content (AvgIpc) is 3.16. The van der Waals surface area contributed by atoms with Crippen molar-refractivity contribution in [1.29, 1.82) is 0 Å². The summed E-state index contributed by atoms with van der Waals surface area (Å²) in [6.07, 6.45) is 4.22. The van der Waals surface area contributed by atoms with Gasteiger partial charge in [-0.05, 0) is 55.5 Å². The highest BCUT2D eigenvalue weighted by Crippen LogP contribution is 2.35. The van der Waals surface area contributed by atoms with Crippen molar-refractivity contribution in [2.75, 3.05) is 13.7 Å². The number of hydrogen-bond acceptors (Lipinski definition) is 4. The second kappa shape index (κ2) is 14.8. The van der Waals surface area contributed by atoms with Crippen molar-refractivity contribution in [2.45, 2.75) is 58.7 Å². The topological polar surface area (TPSA) is 67.9 Å². The third-order valence-electron chi connectivity index (χ3n) is 6.56. The highest BCUT2D eigenvalue weighted by molar-refractivity contribution is 5.96. The zero-order valence-electron chi connectivity index (χ0n) is 23.5. The van der Waals surface area contributed by atoms with Crippen molar-refractivity contribution < 1.29 is 20.5 Å². The number of amides is 2. The Balaban J connectivity index is 0.000000274. The van der Waals surface area contributed by atoms with Gasteiger partial charge in [0.2, 0.25) is 5.91 Å². The van der Waals surface area contributed by atoms with E-state index in [0.717, 1.165) is 41.7 Å². The summed E-state index contributed by atoms with van der Waals surface area (Å²) in [5, 5.41) is 2.74. The molecule has 39 heavy (non-hydrogen) atoms. The standard InChI is InChI=1S/C17H23NO2.C16H17NO2.H2/c1-5-6-14-11-17(2,3)18(16(14)19)12-13-7-9-15(20-4)10-8-13;18-16(19-13-15-9-5-2-6-10-15)17-12-11-14-7-3-1-4-8-14;/h6-10H,5,11-12H2,1-4H3;1-10H,11-13H2,(H,17,18);1H/b14-6+;;. The molecule has 6 nitrogen and oxygen atoms in total. The van der Waals surface area contributed by atoms with Crippen LogP contribution in [0.4, 0.5) is 4.79 Å². The highest BCUT2D eigenvalue weighted by atomic mass is 16.5. The fourth-order valence-electron chi connectivity index (χ4n) is 4.42. The number of methoxy groups -OCH3 is 1. The minimum atomic E-state index is -0.375. The van der Waals surface area contributed by atoms with Crippen LogP contribution in [-0.2, 0) is 29.1 Å². The number of nitrogens with one attached hydrogen (secondary N) is 1. The number of benzene rings is 3. The maximum Gasteiger partial charge on any atom is 0.407 e. The number of carbonyl (C=O) groups is 2. The van der Waals surface area contributed by atoms with Crippen LogP contribution in [0, 0.1) is 0 Å². The lowest BCUT2D eigenvalue weighted by atomic mass is 9.99. The van der Waals surface area contributed by atoms with Gasteiger partial charge in [0, 0.05) is 32.0 Å². The Morgan fingerprint density at radius 2 is 1.56 bits per heavy atom. The van der Waals surface area contributed by atoms with Crippen molar-refractivity contribution in [3.63, 3.8) is 0 Å². The van der Waals surface area contributed by atoms with E-state index in [4.69, 9.17) is 9.47 Å². The van der Waals surface area contributed by atoms with E-state index in [1.807, 2.05) is 89.8 Å². The lowest BCUT2D eigenvalue weighted by Gasteiger charge is -2.31. The maximum absolute atomic E-state index is 12.5. The van der Waals surface area contributed by atoms with Crippen LogP contribution >= 0.6 is 0 Å². The van der Waals surface area contributed by atoms with Crippen molar-refractivity contribution in [3.8, 4) is 5.75 Å². The zero-order valence-corrected chi connectivity index (χ0v) is 23.5. The molecule has 2 amide bonds. The Morgan fingerprint density at radius 3 is 2.15 bits per heavy atom. The zero-order chi connectivity index (χ0) is 28.1. The minimum absolute atomic E-state index is 0. The van der Waals surface area contributed by atoms with Gasteiger partial charge >= 0.3 is 6.09 Å². The molecule has 1 aliphatic rings. The summed E-state index contributed by atoms with van der Waals surface area (Å²) < 4.78 is 10.3. The molecule has 0 spiro atoms. The van der Waals surface area contributed by atoms with Gasteiger partial charge in [0.1, 0.15) is 12.4 Å². The molecular weight excluding hydrogens is 488 g/mol. The molecule has 3 aromatic carbocycles. The van der Waals surface area contributed by atoms with Crippen LogP contribution in [0.5, 0.6) is 5.75 Å². The molecule has 1 heterocycles. The first-order valence-electron chi connectivity index (χ1n) is 13.4. The predicted octanol–water partition coefficient (Wildman–Crippen LogP) is 6.94. The number of carbonyl (C=O) groups excluding carboxylic acids is 2. The summed E-state index contributed by atoms with van der Waals surface area (Å²) in [5.41, 5.74) is 4.15. The van der Waals surface area contributed by atoms with Crippen molar-refractivity contribution in [1.82, 2.24) is 10.2 Å². The van der Waals surface area contributed by atoms with Gasteiger partial charge in [-0.15, -0.1) is 0 Å². The quantitative estimate of drug-likeness (QED) is 0.304. The van der Waals surface area contributed by atoms with E-state index in [1.165, 1.54) is 5.56 Å². The molecule has 0 atom stereocenters. The third kappa shape index (κ3) is 9.32. The van der Waals surface area contributed by atoms with Crippen LogP contribution in [0.2, 0.25) is 0 Å². The van der Waals surface area contributed by atoms with E-state index in [9.17, 15) is 9.59 Å². The molecule has 0 saturated carbocycles. The van der Waals surface area contributed by atoms with Gasteiger partial charge in [-0.2, -0.15) is 0 Å². The first-order chi connectivity index (χ1) is 18.8. The van der Waals surface area contributed by atoms with Gasteiger partial charge in [-0.25, -0.2) is 4.79 Å². The summed E-state index contributed by atoms with van der Waals surface area (Å²) in [6.45, 7) is 7.86. The molecule has 6 heteroatoms. The molecule has 0 bridgehead atoms. The lowest BCUT2D eigenvalue weighted by Crippen LogP contribution is -2.40. The van der Waals surface area contributed by atoms with Gasteiger partial charge < -0.3 is 19.7 Å². The molecule has 0 unspecified atom stereocenters. The van der Waals surface area contributed by atoms with Crippen molar-refractivity contribution in [3.05, 3.63) is 113 Å². The van der Waals surface area contributed by atoms with Gasteiger partial charge in [-0.3, -0.25) is 4.79 Å². The molecule has 4 rings (SSSR count). The van der Waals surface area contributed by atoms with Crippen LogP contribution in [0.25, 0.3) is 0 Å². The van der Waals surface area contributed by atoms with Gasteiger partial charge in [0.15, 0.2) is 0 Å². The summed E-state index contributed by atoms with van der Waals surface area (Å²) in [6, 6.07) is 27.6. The molecule has 208 valence electrons. The number of likely N-dealkylation sites (tertiary alicyclic amines) is 1. The largest absolute Gasteiger partial charge is 0.497 e. The highest BCUT2D eigenvalue weighted by Gasteiger charge is 2.40. The Hall–Kier alpha value is -4.06. The SMILES string of the molecule is CC/C=C1\CC(C)(C)N(Cc2ccc(OC)cc2)C1=O.O=C(NCCc1ccccc1)OCc1ccccc1.[HH]. The van der Waals surface area contributed by atoms with Gasteiger partial charge in [0.25, 0.3) is 0 Å². The Morgan fingerprint density at radius 1 is 0.949 bits per heavy atom.